The van der Waals surface area contributed by atoms with Crippen LogP contribution in [-0.4, -0.2) is 20.8 Å². The summed E-state index contributed by atoms with van der Waals surface area (Å²) >= 11 is 1.12. The number of anilines is 1. The number of hydrogen-bond donors (Lipinski definition) is 2. The Bertz CT molecular complexity index is 692. The molecule has 0 bridgehead atoms. The molecule has 1 aromatic carbocycles. The lowest BCUT2D eigenvalue weighted by Gasteiger charge is -2.27. The minimum absolute atomic E-state index is 0.0727. The van der Waals surface area contributed by atoms with Crippen molar-refractivity contribution in [2.75, 3.05) is 5.32 Å². The van der Waals surface area contributed by atoms with Crippen molar-refractivity contribution in [1.82, 2.24) is 14.1 Å². The van der Waals surface area contributed by atoms with Crippen molar-refractivity contribution < 1.29 is 4.79 Å². The molecule has 2 amide bonds. The lowest BCUT2D eigenvalue weighted by Crippen LogP contribution is -2.43. The Kier molecular flexibility index (Phi) is 3.97. The summed E-state index contributed by atoms with van der Waals surface area (Å²) in [6, 6.07) is 7.41. The molecule has 0 spiro atoms. The Balaban J connectivity index is 1.69. The predicted octanol–water partition coefficient (Wildman–Crippen LogP) is 2.90. The van der Waals surface area contributed by atoms with Gasteiger partial charge in [-0.25, -0.2) is 4.79 Å². The van der Waals surface area contributed by atoms with Gasteiger partial charge in [-0.05, 0) is 25.0 Å². The second-order valence-electron chi connectivity index (χ2n) is 5.16. The summed E-state index contributed by atoms with van der Waals surface area (Å²) in [5.74, 6) is -0.0961. The molecule has 108 valence electrons. The van der Waals surface area contributed by atoms with Crippen molar-refractivity contribution in [2.45, 2.75) is 31.7 Å². The molecule has 1 aliphatic rings. The molecule has 0 radical (unpaired) electrons. The van der Waals surface area contributed by atoms with Crippen LogP contribution in [0.1, 0.15) is 25.7 Å². The average Bonchev–Trinajstić information content (AvgIpc) is 2.97. The molecule has 1 aromatic heterocycles. The van der Waals surface area contributed by atoms with Gasteiger partial charge < -0.3 is 10.6 Å². The average molecular weight is 301 g/mol. The van der Waals surface area contributed by atoms with Crippen molar-refractivity contribution in [1.29, 1.82) is 5.26 Å². The van der Waals surface area contributed by atoms with E-state index in [1.807, 2.05) is 12.1 Å². The molecule has 2 N–H and O–H groups in total. The minimum Gasteiger partial charge on any atom is -0.334 e. The molecule has 0 saturated heterocycles. The molecule has 7 heteroatoms. The zero-order valence-electron chi connectivity index (χ0n) is 11.4. The quantitative estimate of drug-likeness (QED) is 0.892. The number of aromatic nitrogens is 2. The van der Waals surface area contributed by atoms with Crippen LogP contribution in [0.3, 0.4) is 0 Å². The molecule has 2 unspecified atom stereocenters. The zero-order chi connectivity index (χ0) is 14.7. The van der Waals surface area contributed by atoms with Crippen LogP contribution in [0.15, 0.2) is 18.2 Å². The number of nitrogens with zero attached hydrogens (tertiary/aromatic N) is 3. The van der Waals surface area contributed by atoms with Crippen molar-refractivity contribution in [3.63, 3.8) is 0 Å². The van der Waals surface area contributed by atoms with E-state index in [0.29, 0.717) is 11.2 Å². The number of rotatable bonds is 2. The van der Waals surface area contributed by atoms with Gasteiger partial charge in [0.15, 0.2) is 0 Å². The number of amides is 2. The number of fused-ring (bicyclic) bond motifs is 1. The maximum absolute atomic E-state index is 12.1. The third kappa shape index (κ3) is 2.95. The van der Waals surface area contributed by atoms with Gasteiger partial charge >= 0.3 is 6.03 Å². The van der Waals surface area contributed by atoms with Gasteiger partial charge in [-0.3, -0.25) is 0 Å². The second kappa shape index (κ2) is 6.06. The number of benzene rings is 1. The molecule has 21 heavy (non-hydrogen) atoms. The number of urea groups is 1. The van der Waals surface area contributed by atoms with Gasteiger partial charge in [-0.1, -0.05) is 18.9 Å². The molecule has 1 heterocycles. The standard InChI is InChI=1S/C14H15N5OS/c15-8-9-4-1-2-5-10(9)16-14(20)17-11-6-3-7-12-13(11)19-21-18-12/h3,6-7,9-10H,1-2,4-5H2,(H2,16,17,20). The Morgan fingerprint density at radius 3 is 3.05 bits per heavy atom. The lowest BCUT2D eigenvalue weighted by atomic mass is 9.85. The number of nitrogens with one attached hydrogen (secondary N) is 2. The molecule has 1 saturated carbocycles. The minimum atomic E-state index is -0.289. The summed E-state index contributed by atoms with van der Waals surface area (Å²) in [7, 11) is 0. The molecular formula is C14H15N5OS. The SMILES string of the molecule is N#CC1CCCCC1NC(=O)Nc1cccc2nsnc12. The fourth-order valence-electron chi connectivity index (χ4n) is 2.69. The van der Waals surface area contributed by atoms with Gasteiger partial charge in [0.25, 0.3) is 0 Å². The van der Waals surface area contributed by atoms with Gasteiger partial charge in [0.1, 0.15) is 11.0 Å². The van der Waals surface area contributed by atoms with E-state index in [1.54, 1.807) is 6.07 Å². The monoisotopic (exact) mass is 301 g/mol. The van der Waals surface area contributed by atoms with Crippen LogP contribution < -0.4 is 10.6 Å². The molecule has 3 rings (SSSR count). The first kappa shape index (κ1) is 13.8. The molecular weight excluding hydrogens is 286 g/mol. The Morgan fingerprint density at radius 2 is 2.19 bits per heavy atom. The zero-order valence-corrected chi connectivity index (χ0v) is 12.2. The normalized spacial score (nSPS) is 21.7. The van der Waals surface area contributed by atoms with E-state index in [1.165, 1.54) is 0 Å². The molecule has 0 aliphatic heterocycles. The van der Waals surface area contributed by atoms with E-state index in [9.17, 15) is 4.79 Å². The molecule has 1 aliphatic carbocycles. The van der Waals surface area contributed by atoms with E-state index in [-0.39, 0.29) is 18.0 Å². The highest BCUT2D eigenvalue weighted by atomic mass is 32.1. The summed E-state index contributed by atoms with van der Waals surface area (Å²) < 4.78 is 8.33. The first-order valence-electron chi connectivity index (χ1n) is 6.96. The van der Waals surface area contributed by atoms with Crippen LogP contribution in [0.25, 0.3) is 11.0 Å². The van der Waals surface area contributed by atoms with Gasteiger partial charge in [0.2, 0.25) is 0 Å². The van der Waals surface area contributed by atoms with Crippen LogP contribution in [0.5, 0.6) is 0 Å². The van der Waals surface area contributed by atoms with Gasteiger partial charge in [-0.2, -0.15) is 14.0 Å². The summed E-state index contributed by atoms with van der Waals surface area (Å²) in [5, 5.41) is 14.9. The van der Waals surface area contributed by atoms with Crippen molar-refractivity contribution >= 4 is 34.5 Å². The summed E-state index contributed by atoms with van der Waals surface area (Å²) in [5.41, 5.74) is 2.10. The highest BCUT2D eigenvalue weighted by molar-refractivity contribution is 7.00. The maximum atomic E-state index is 12.1. The third-order valence-electron chi connectivity index (χ3n) is 3.78. The van der Waals surface area contributed by atoms with Crippen molar-refractivity contribution in [3.05, 3.63) is 18.2 Å². The van der Waals surface area contributed by atoms with Crippen LogP contribution in [0.2, 0.25) is 0 Å². The lowest BCUT2D eigenvalue weighted by molar-refractivity contribution is 0.238. The molecule has 6 nitrogen and oxygen atoms in total. The summed E-state index contributed by atoms with van der Waals surface area (Å²) in [4.78, 5) is 12.1. The van der Waals surface area contributed by atoms with Crippen LogP contribution >= 0.6 is 11.7 Å². The van der Waals surface area contributed by atoms with Crippen LogP contribution in [0, 0.1) is 17.2 Å². The molecule has 2 aromatic rings. The first-order valence-corrected chi connectivity index (χ1v) is 7.69. The Labute approximate surface area is 126 Å². The van der Waals surface area contributed by atoms with Gasteiger partial charge in [0.05, 0.1) is 29.4 Å². The number of carbonyl (C=O) groups excluding carboxylic acids is 1. The Morgan fingerprint density at radius 1 is 1.33 bits per heavy atom. The van der Waals surface area contributed by atoms with E-state index in [4.69, 9.17) is 5.26 Å². The predicted molar refractivity (Wildman–Crippen MR) is 80.9 cm³/mol. The molecule has 1 fully saturated rings. The maximum Gasteiger partial charge on any atom is 0.319 e. The molecule has 2 atom stereocenters. The first-order chi connectivity index (χ1) is 10.3. The Hall–Kier alpha value is -2.20. The van der Waals surface area contributed by atoms with Crippen molar-refractivity contribution in [3.8, 4) is 6.07 Å². The van der Waals surface area contributed by atoms with Gasteiger partial charge in [-0.15, -0.1) is 0 Å². The number of carbonyl (C=O) groups is 1. The van der Waals surface area contributed by atoms with E-state index >= 15 is 0 Å². The van der Waals surface area contributed by atoms with Crippen LogP contribution in [0.4, 0.5) is 10.5 Å². The fraction of sp³-hybridized carbons (Fsp3) is 0.429. The van der Waals surface area contributed by atoms with E-state index in [0.717, 1.165) is 42.9 Å². The highest BCUT2D eigenvalue weighted by Crippen LogP contribution is 2.24. The van der Waals surface area contributed by atoms with Crippen molar-refractivity contribution in [2.24, 2.45) is 5.92 Å². The largest absolute Gasteiger partial charge is 0.334 e. The van der Waals surface area contributed by atoms with Crippen LogP contribution in [-0.2, 0) is 0 Å². The fourth-order valence-corrected chi connectivity index (χ4v) is 3.24. The topological polar surface area (TPSA) is 90.7 Å². The van der Waals surface area contributed by atoms with Gasteiger partial charge in [0, 0.05) is 6.04 Å². The summed E-state index contributed by atoms with van der Waals surface area (Å²) in [6.45, 7) is 0. The smallest absolute Gasteiger partial charge is 0.319 e. The third-order valence-corrected chi connectivity index (χ3v) is 4.33. The van der Waals surface area contributed by atoms with E-state index < -0.39 is 0 Å². The summed E-state index contributed by atoms with van der Waals surface area (Å²) in [6.07, 6.45) is 3.82. The number of hydrogen-bond acceptors (Lipinski definition) is 5. The highest BCUT2D eigenvalue weighted by Gasteiger charge is 2.26. The number of nitriles is 1. The van der Waals surface area contributed by atoms with E-state index in [2.05, 4.69) is 25.4 Å². The second-order valence-corrected chi connectivity index (χ2v) is 5.69.